The molecule has 2 nitrogen and oxygen atoms in total. The van der Waals surface area contributed by atoms with Crippen molar-refractivity contribution in [3.8, 4) is 0 Å². The van der Waals surface area contributed by atoms with Crippen molar-refractivity contribution < 1.29 is 0 Å². The van der Waals surface area contributed by atoms with Crippen LogP contribution in [0.3, 0.4) is 0 Å². The van der Waals surface area contributed by atoms with E-state index in [1.54, 1.807) is 0 Å². The number of piperidine rings is 1. The van der Waals surface area contributed by atoms with E-state index in [0.717, 1.165) is 18.4 Å². The number of likely N-dealkylation sites (tertiary alicyclic amines) is 1. The minimum atomic E-state index is 0.616. The Morgan fingerprint density at radius 2 is 1.85 bits per heavy atom. The summed E-state index contributed by atoms with van der Waals surface area (Å²) in [7, 11) is 0. The maximum Gasteiger partial charge on any atom is 0.0216 e. The van der Waals surface area contributed by atoms with Crippen LogP contribution in [-0.2, 0) is 0 Å². The van der Waals surface area contributed by atoms with Gasteiger partial charge in [-0.25, -0.2) is 0 Å². The van der Waals surface area contributed by atoms with E-state index in [-0.39, 0.29) is 0 Å². The van der Waals surface area contributed by atoms with Crippen LogP contribution >= 0.6 is 0 Å². The second-order valence-electron chi connectivity index (χ2n) is 4.70. The SMILES string of the molecule is CCC(CN)N1CC(C)CC(C)C1. The van der Waals surface area contributed by atoms with Gasteiger partial charge >= 0.3 is 0 Å². The van der Waals surface area contributed by atoms with Gasteiger partial charge in [0.05, 0.1) is 0 Å². The van der Waals surface area contributed by atoms with Crippen LogP contribution in [0.1, 0.15) is 33.6 Å². The molecule has 1 heterocycles. The van der Waals surface area contributed by atoms with E-state index in [1.165, 1.54) is 25.9 Å². The zero-order chi connectivity index (χ0) is 9.84. The smallest absolute Gasteiger partial charge is 0.0216 e. The van der Waals surface area contributed by atoms with Crippen LogP contribution in [-0.4, -0.2) is 30.6 Å². The van der Waals surface area contributed by atoms with Crippen molar-refractivity contribution in [2.24, 2.45) is 17.6 Å². The molecular formula is C11H24N2. The van der Waals surface area contributed by atoms with Gasteiger partial charge in [0, 0.05) is 25.7 Å². The summed E-state index contributed by atoms with van der Waals surface area (Å²) in [6, 6.07) is 0.616. The van der Waals surface area contributed by atoms with Gasteiger partial charge in [0.2, 0.25) is 0 Å². The van der Waals surface area contributed by atoms with Gasteiger partial charge < -0.3 is 5.73 Å². The maximum absolute atomic E-state index is 5.76. The summed E-state index contributed by atoms with van der Waals surface area (Å²) in [5.41, 5.74) is 5.76. The van der Waals surface area contributed by atoms with Crippen molar-refractivity contribution in [3.63, 3.8) is 0 Å². The molecule has 2 heteroatoms. The van der Waals surface area contributed by atoms with Crippen molar-refractivity contribution in [3.05, 3.63) is 0 Å². The van der Waals surface area contributed by atoms with Crippen molar-refractivity contribution in [1.29, 1.82) is 0 Å². The summed E-state index contributed by atoms with van der Waals surface area (Å²) in [5, 5.41) is 0. The summed E-state index contributed by atoms with van der Waals surface area (Å²) >= 11 is 0. The standard InChI is InChI=1S/C11H24N2/c1-4-11(6-12)13-7-9(2)5-10(3)8-13/h9-11H,4-8,12H2,1-3H3. The number of nitrogens with two attached hydrogens (primary N) is 1. The van der Waals surface area contributed by atoms with E-state index in [9.17, 15) is 0 Å². The molecule has 0 aromatic carbocycles. The molecule has 1 saturated heterocycles. The van der Waals surface area contributed by atoms with Crippen LogP contribution < -0.4 is 5.73 Å². The highest BCUT2D eigenvalue weighted by atomic mass is 15.2. The maximum atomic E-state index is 5.76. The molecule has 0 aromatic heterocycles. The normalized spacial score (nSPS) is 33.2. The highest BCUT2D eigenvalue weighted by Gasteiger charge is 2.25. The predicted octanol–water partition coefficient (Wildman–Crippen LogP) is 1.70. The van der Waals surface area contributed by atoms with Crippen LogP contribution in [0.4, 0.5) is 0 Å². The van der Waals surface area contributed by atoms with Crippen LogP contribution in [0.5, 0.6) is 0 Å². The fourth-order valence-corrected chi connectivity index (χ4v) is 2.58. The average molecular weight is 184 g/mol. The Balaban J connectivity index is 2.48. The van der Waals surface area contributed by atoms with Crippen LogP contribution in [0.2, 0.25) is 0 Å². The molecule has 1 aliphatic heterocycles. The van der Waals surface area contributed by atoms with E-state index < -0.39 is 0 Å². The first-order valence-electron chi connectivity index (χ1n) is 5.61. The van der Waals surface area contributed by atoms with Gasteiger partial charge in [-0.3, -0.25) is 4.90 Å². The lowest BCUT2D eigenvalue weighted by molar-refractivity contribution is 0.0965. The summed E-state index contributed by atoms with van der Waals surface area (Å²) in [6.45, 7) is 10.3. The van der Waals surface area contributed by atoms with Crippen molar-refractivity contribution in [1.82, 2.24) is 4.90 Å². The lowest BCUT2D eigenvalue weighted by Crippen LogP contribution is -2.47. The summed E-state index contributed by atoms with van der Waals surface area (Å²) in [5.74, 6) is 1.70. The Morgan fingerprint density at radius 3 is 2.23 bits per heavy atom. The van der Waals surface area contributed by atoms with E-state index in [2.05, 4.69) is 25.7 Å². The Hall–Kier alpha value is -0.0800. The van der Waals surface area contributed by atoms with Gasteiger partial charge in [0.1, 0.15) is 0 Å². The monoisotopic (exact) mass is 184 g/mol. The Labute approximate surface area is 82.5 Å². The lowest BCUT2D eigenvalue weighted by atomic mass is 9.90. The molecule has 0 amide bonds. The number of nitrogens with zero attached hydrogens (tertiary/aromatic N) is 1. The van der Waals surface area contributed by atoms with Crippen LogP contribution in [0.25, 0.3) is 0 Å². The third kappa shape index (κ3) is 2.96. The molecule has 3 unspecified atom stereocenters. The highest BCUT2D eigenvalue weighted by Crippen LogP contribution is 2.22. The van der Waals surface area contributed by atoms with E-state index in [1.807, 2.05) is 0 Å². The summed E-state index contributed by atoms with van der Waals surface area (Å²) in [6.07, 6.45) is 2.58. The van der Waals surface area contributed by atoms with Crippen LogP contribution in [0.15, 0.2) is 0 Å². The molecule has 0 spiro atoms. The Morgan fingerprint density at radius 1 is 1.31 bits per heavy atom. The Bertz CT molecular complexity index is 133. The zero-order valence-electron chi connectivity index (χ0n) is 9.29. The molecule has 1 aliphatic rings. The minimum Gasteiger partial charge on any atom is -0.329 e. The molecule has 1 fully saturated rings. The summed E-state index contributed by atoms with van der Waals surface area (Å²) < 4.78 is 0. The third-order valence-corrected chi connectivity index (χ3v) is 3.16. The Kier molecular flexibility index (Phi) is 4.20. The highest BCUT2D eigenvalue weighted by molar-refractivity contribution is 4.80. The largest absolute Gasteiger partial charge is 0.329 e. The molecule has 78 valence electrons. The molecule has 2 N–H and O–H groups in total. The molecule has 0 radical (unpaired) electrons. The number of rotatable bonds is 3. The van der Waals surface area contributed by atoms with Gasteiger partial charge in [-0.2, -0.15) is 0 Å². The zero-order valence-corrected chi connectivity index (χ0v) is 9.29. The predicted molar refractivity (Wildman–Crippen MR) is 57.7 cm³/mol. The fourth-order valence-electron chi connectivity index (χ4n) is 2.58. The van der Waals surface area contributed by atoms with E-state index >= 15 is 0 Å². The fraction of sp³-hybridized carbons (Fsp3) is 1.00. The molecule has 0 aliphatic carbocycles. The first kappa shape index (κ1) is 11.0. The topological polar surface area (TPSA) is 29.3 Å². The van der Waals surface area contributed by atoms with Gasteiger partial charge in [-0.1, -0.05) is 20.8 Å². The molecular weight excluding hydrogens is 160 g/mol. The number of hydrogen-bond acceptors (Lipinski definition) is 2. The first-order chi connectivity index (χ1) is 6.17. The third-order valence-electron chi connectivity index (χ3n) is 3.16. The first-order valence-corrected chi connectivity index (χ1v) is 5.61. The van der Waals surface area contributed by atoms with Gasteiger partial charge in [-0.15, -0.1) is 0 Å². The molecule has 0 bridgehead atoms. The van der Waals surface area contributed by atoms with Gasteiger partial charge in [-0.05, 0) is 24.7 Å². The second-order valence-corrected chi connectivity index (χ2v) is 4.70. The van der Waals surface area contributed by atoms with Crippen molar-refractivity contribution >= 4 is 0 Å². The van der Waals surface area contributed by atoms with Gasteiger partial charge in [0.25, 0.3) is 0 Å². The van der Waals surface area contributed by atoms with E-state index in [0.29, 0.717) is 6.04 Å². The summed E-state index contributed by atoms with van der Waals surface area (Å²) in [4.78, 5) is 2.58. The molecule has 1 rings (SSSR count). The molecule has 13 heavy (non-hydrogen) atoms. The van der Waals surface area contributed by atoms with Crippen LogP contribution in [0, 0.1) is 11.8 Å². The molecule has 0 saturated carbocycles. The minimum absolute atomic E-state index is 0.616. The molecule has 3 atom stereocenters. The van der Waals surface area contributed by atoms with Gasteiger partial charge in [0.15, 0.2) is 0 Å². The second kappa shape index (κ2) is 4.97. The lowest BCUT2D eigenvalue weighted by Gasteiger charge is -2.39. The van der Waals surface area contributed by atoms with Crippen molar-refractivity contribution in [2.45, 2.75) is 39.7 Å². The average Bonchev–Trinajstić information content (AvgIpc) is 2.04. The van der Waals surface area contributed by atoms with Crippen molar-refractivity contribution in [2.75, 3.05) is 19.6 Å². The quantitative estimate of drug-likeness (QED) is 0.723. The molecule has 0 aromatic rings. The van der Waals surface area contributed by atoms with E-state index in [4.69, 9.17) is 5.73 Å². The number of hydrogen-bond donors (Lipinski definition) is 1.